The first kappa shape index (κ1) is 19.8. The molecule has 148 valence electrons. The summed E-state index contributed by atoms with van der Waals surface area (Å²) in [6, 6.07) is 7.89. The molecule has 1 unspecified atom stereocenters. The smallest absolute Gasteiger partial charge is 0.253 e. The normalized spacial score (nSPS) is 21.4. The summed E-state index contributed by atoms with van der Waals surface area (Å²) in [5.74, 6) is 0.330. The predicted molar refractivity (Wildman–Crippen MR) is 105 cm³/mol. The number of amides is 2. The van der Waals surface area contributed by atoms with E-state index in [0.717, 1.165) is 50.0 Å². The Bertz CT molecular complexity index is 639. The van der Waals surface area contributed by atoms with Crippen molar-refractivity contribution in [2.24, 2.45) is 5.92 Å². The average molecular weight is 373 g/mol. The fourth-order valence-corrected chi connectivity index (χ4v) is 3.89. The van der Waals surface area contributed by atoms with E-state index in [-0.39, 0.29) is 23.8 Å². The van der Waals surface area contributed by atoms with Gasteiger partial charge in [0.25, 0.3) is 5.91 Å². The van der Waals surface area contributed by atoms with Crippen LogP contribution >= 0.6 is 0 Å². The molecule has 1 aromatic rings. The highest BCUT2D eigenvalue weighted by Crippen LogP contribution is 2.19. The molecule has 27 heavy (non-hydrogen) atoms. The van der Waals surface area contributed by atoms with Gasteiger partial charge in [-0.25, -0.2) is 0 Å². The molecule has 0 radical (unpaired) electrons. The molecule has 0 aromatic heterocycles. The van der Waals surface area contributed by atoms with Crippen LogP contribution in [0, 0.1) is 12.8 Å². The molecule has 0 spiro atoms. The molecule has 2 saturated heterocycles. The third-order valence-electron chi connectivity index (χ3n) is 5.68. The van der Waals surface area contributed by atoms with Crippen molar-refractivity contribution in [1.82, 2.24) is 15.1 Å². The molecular formula is C21H31N3O3. The summed E-state index contributed by atoms with van der Waals surface area (Å²) in [6.45, 7) is 6.79. The number of nitrogens with one attached hydrogen (secondary N) is 1. The van der Waals surface area contributed by atoms with Crippen LogP contribution in [0.15, 0.2) is 24.3 Å². The van der Waals surface area contributed by atoms with Crippen molar-refractivity contribution in [2.45, 2.75) is 32.2 Å². The summed E-state index contributed by atoms with van der Waals surface area (Å²) in [5.41, 5.74) is 1.89. The summed E-state index contributed by atoms with van der Waals surface area (Å²) >= 11 is 0. The van der Waals surface area contributed by atoms with Gasteiger partial charge in [-0.05, 0) is 44.9 Å². The zero-order chi connectivity index (χ0) is 19.2. The van der Waals surface area contributed by atoms with Crippen molar-refractivity contribution in [2.75, 3.05) is 46.4 Å². The molecule has 1 atom stereocenters. The Hall–Kier alpha value is -1.92. The maximum absolute atomic E-state index is 12.6. The molecule has 0 saturated carbocycles. The highest BCUT2D eigenvalue weighted by molar-refractivity contribution is 5.94. The number of piperidine rings is 1. The van der Waals surface area contributed by atoms with E-state index in [0.29, 0.717) is 19.7 Å². The van der Waals surface area contributed by atoms with Crippen LogP contribution in [-0.4, -0.2) is 74.1 Å². The molecule has 2 heterocycles. The van der Waals surface area contributed by atoms with Crippen molar-refractivity contribution in [1.29, 1.82) is 0 Å². The number of nitrogens with zero attached hydrogens (tertiary/aromatic N) is 2. The van der Waals surface area contributed by atoms with Crippen molar-refractivity contribution in [3.63, 3.8) is 0 Å². The molecule has 0 bridgehead atoms. The Morgan fingerprint density at radius 1 is 1.11 bits per heavy atom. The van der Waals surface area contributed by atoms with Crippen molar-refractivity contribution >= 4 is 11.8 Å². The molecule has 2 fully saturated rings. The Balaban J connectivity index is 1.42. The van der Waals surface area contributed by atoms with E-state index >= 15 is 0 Å². The van der Waals surface area contributed by atoms with E-state index in [2.05, 4.69) is 10.2 Å². The summed E-state index contributed by atoms with van der Waals surface area (Å²) in [4.78, 5) is 29.3. The van der Waals surface area contributed by atoms with Crippen molar-refractivity contribution in [3.8, 4) is 0 Å². The summed E-state index contributed by atoms with van der Waals surface area (Å²) in [7, 11) is 1.70. The lowest BCUT2D eigenvalue weighted by atomic mass is 10.0. The first-order valence-corrected chi connectivity index (χ1v) is 9.94. The van der Waals surface area contributed by atoms with Gasteiger partial charge in [-0.1, -0.05) is 17.7 Å². The van der Waals surface area contributed by atoms with Crippen LogP contribution in [0.3, 0.4) is 0 Å². The maximum atomic E-state index is 12.6. The van der Waals surface area contributed by atoms with E-state index in [1.54, 1.807) is 7.11 Å². The fraction of sp³-hybridized carbons (Fsp3) is 0.619. The van der Waals surface area contributed by atoms with Crippen LogP contribution in [0.4, 0.5) is 0 Å². The molecule has 2 aliphatic rings. The lowest BCUT2D eigenvalue weighted by molar-refractivity contribution is -0.125. The van der Waals surface area contributed by atoms with Crippen LogP contribution in [0.1, 0.15) is 35.2 Å². The number of likely N-dealkylation sites (tertiary alicyclic amines) is 2. The largest absolute Gasteiger partial charge is 0.383 e. The van der Waals surface area contributed by atoms with E-state index in [9.17, 15) is 9.59 Å². The second kappa shape index (κ2) is 9.33. The Kier molecular flexibility index (Phi) is 6.85. The Labute approximate surface area is 161 Å². The summed E-state index contributed by atoms with van der Waals surface area (Å²) < 4.78 is 5.11. The average Bonchev–Trinajstić information content (AvgIpc) is 3.16. The molecule has 1 N–H and O–H groups in total. The molecule has 2 aliphatic heterocycles. The number of rotatable bonds is 6. The fourth-order valence-electron chi connectivity index (χ4n) is 3.89. The maximum Gasteiger partial charge on any atom is 0.253 e. The second-order valence-corrected chi connectivity index (χ2v) is 7.72. The first-order chi connectivity index (χ1) is 13.1. The van der Waals surface area contributed by atoms with Crippen molar-refractivity contribution < 1.29 is 14.3 Å². The predicted octanol–water partition coefficient (Wildman–Crippen LogP) is 1.68. The standard InChI is InChI=1S/C21H31N3O3/c1-16-3-5-17(6-4-16)21(26)24-11-8-19(9-12-24)22-20(25)18-7-10-23(15-18)13-14-27-2/h3-6,18-19H,7-15H2,1-2H3,(H,22,25). The molecule has 6 heteroatoms. The number of carbonyl (C=O) groups is 2. The minimum absolute atomic E-state index is 0.0778. The van der Waals surface area contributed by atoms with Crippen LogP contribution in [-0.2, 0) is 9.53 Å². The minimum Gasteiger partial charge on any atom is -0.383 e. The summed E-state index contributed by atoms with van der Waals surface area (Å²) in [5, 5.41) is 3.21. The number of hydrogen-bond acceptors (Lipinski definition) is 4. The monoisotopic (exact) mass is 373 g/mol. The number of carbonyl (C=O) groups excluding carboxylic acids is 2. The van der Waals surface area contributed by atoms with Gasteiger partial charge in [0.15, 0.2) is 0 Å². The van der Waals surface area contributed by atoms with Gasteiger partial charge >= 0.3 is 0 Å². The van der Waals surface area contributed by atoms with Gasteiger partial charge in [0.05, 0.1) is 12.5 Å². The van der Waals surface area contributed by atoms with Gasteiger partial charge in [0.1, 0.15) is 0 Å². The number of aryl methyl sites for hydroxylation is 1. The van der Waals surface area contributed by atoms with Crippen molar-refractivity contribution in [3.05, 3.63) is 35.4 Å². The third kappa shape index (κ3) is 5.30. The highest BCUT2D eigenvalue weighted by Gasteiger charge is 2.30. The van der Waals surface area contributed by atoms with Gasteiger partial charge in [-0.3, -0.25) is 9.59 Å². The van der Waals surface area contributed by atoms with Gasteiger partial charge in [0, 0.05) is 44.9 Å². The number of benzene rings is 1. The van der Waals surface area contributed by atoms with Gasteiger partial charge in [-0.15, -0.1) is 0 Å². The van der Waals surface area contributed by atoms with E-state index < -0.39 is 0 Å². The Morgan fingerprint density at radius 3 is 2.48 bits per heavy atom. The molecule has 0 aliphatic carbocycles. The number of methoxy groups -OCH3 is 1. The quantitative estimate of drug-likeness (QED) is 0.824. The number of ether oxygens (including phenoxy) is 1. The molecule has 1 aromatic carbocycles. The van der Waals surface area contributed by atoms with E-state index in [1.807, 2.05) is 36.1 Å². The summed E-state index contributed by atoms with van der Waals surface area (Å²) in [6.07, 6.45) is 2.56. The third-order valence-corrected chi connectivity index (χ3v) is 5.68. The second-order valence-electron chi connectivity index (χ2n) is 7.72. The van der Waals surface area contributed by atoms with E-state index in [4.69, 9.17) is 4.74 Å². The zero-order valence-electron chi connectivity index (χ0n) is 16.4. The Morgan fingerprint density at radius 2 is 1.81 bits per heavy atom. The molecule has 3 rings (SSSR count). The molecular weight excluding hydrogens is 342 g/mol. The molecule has 6 nitrogen and oxygen atoms in total. The lowest BCUT2D eigenvalue weighted by Gasteiger charge is -2.33. The van der Waals surface area contributed by atoms with Crippen LogP contribution in [0.25, 0.3) is 0 Å². The van der Waals surface area contributed by atoms with E-state index in [1.165, 1.54) is 0 Å². The minimum atomic E-state index is 0.0778. The highest BCUT2D eigenvalue weighted by atomic mass is 16.5. The topological polar surface area (TPSA) is 61.9 Å². The van der Waals surface area contributed by atoms with Crippen LogP contribution < -0.4 is 5.32 Å². The van der Waals surface area contributed by atoms with Gasteiger partial charge in [0.2, 0.25) is 5.91 Å². The van der Waals surface area contributed by atoms with Crippen LogP contribution in [0.5, 0.6) is 0 Å². The molecule has 2 amide bonds. The first-order valence-electron chi connectivity index (χ1n) is 9.94. The SMILES string of the molecule is COCCN1CCC(C(=O)NC2CCN(C(=O)c3ccc(C)cc3)CC2)C1. The van der Waals surface area contributed by atoms with Crippen LogP contribution in [0.2, 0.25) is 0 Å². The number of hydrogen-bond donors (Lipinski definition) is 1. The lowest BCUT2D eigenvalue weighted by Crippen LogP contribution is -2.48. The van der Waals surface area contributed by atoms with Gasteiger partial charge in [-0.2, -0.15) is 0 Å². The zero-order valence-corrected chi connectivity index (χ0v) is 16.4. The van der Waals surface area contributed by atoms with Gasteiger partial charge < -0.3 is 19.9 Å².